The number of aryl methyl sites for hydroxylation is 1. The molecule has 80 valence electrons. The number of rotatable bonds is 1. The Bertz CT molecular complexity index is 272. The molecule has 0 unspecified atom stereocenters. The lowest BCUT2D eigenvalue weighted by atomic mass is 10.3. The van der Waals surface area contributed by atoms with Gasteiger partial charge in [0.05, 0.1) is 6.20 Å². The number of hydrogen-bond acceptors (Lipinski definition) is 2. The fourth-order valence-corrected chi connectivity index (χ4v) is 0.648. The minimum Gasteiger partial charge on any atom is -0.418 e. The van der Waals surface area contributed by atoms with E-state index in [0.29, 0.717) is 5.82 Å². The lowest BCUT2D eigenvalue weighted by Crippen LogP contribution is -2.31. The number of nitrogens with two attached hydrogens (primary N) is 1. The molecule has 1 aromatic heterocycles. The van der Waals surface area contributed by atoms with E-state index in [4.69, 9.17) is 5.73 Å². The third-order valence-electron chi connectivity index (χ3n) is 1.14. The van der Waals surface area contributed by atoms with Crippen molar-refractivity contribution in [3.8, 4) is 0 Å². The molecule has 3 nitrogen and oxygen atoms in total. The summed E-state index contributed by atoms with van der Waals surface area (Å²) in [6, 6.07) is 0. The number of hydrogen-bond donors (Lipinski definition) is 1. The van der Waals surface area contributed by atoms with Crippen LogP contribution in [0.4, 0.5) is 23.1 Å². The monoisotopic (exact) mass is 211 g/mol. The van der Waals surface area contributed by atoms with E-state index in [1.54, 1.807) is 12.4 Å². The predicted molar refractivity (Wildman–Crippen MR) is 44.7 cm³/mol. The zero-order chi connectivity index (χ0) is 11.2. The number of nitrogen functional groups attached to an aromatic ring is 1. The van der Waals surface area contributed by atoms with E-state index >= 15 is 0 Å². The van der Waals surface area contributed by atoms with Crippen LogP contribution in [0.2, 0.25) is 0 Å². The molecule has 1 heterocycles. The molecule has 8 heteroatoms. The second-order valence-corrected chi connectivity index (χ2v) is 2.31. The van der Waals surface area contributed by atoms with E-state index in [9.17, 15) is 17.3 Å². The van der Waals surface area contributed by atoms with Gasteiger partial charge in [0.25, 0.3) is 0 Å². The summed E-state index contributed by atoms with van der Waals surface area (Å²) >= 11 is 0. The third-order valence-corrected chi connectivity index (χ3v) is 1.14. The maximum absolute atomic E-state index is 9.75. The average molecular weight is 211 g/mol. The summed E-state index contributed by atoms with van der Waals surface area (Å²) in [5, 5.41) is 0. The normalized spacial score (nSPS) is 10.4. The van der Waals surface area contributed by atoms with Crippen molar-refractivity contribution >= 4 is 13.1 Å². The smallest absolute Gasteiger partial charge is 0.418 e. The van der Waals surface area contributed by atoms with Gasteiger partial charge < -0.3 is 23.0 Å². The summed E-state index contributed by atoms with van der Waals surface area (Å²) in [7, 11) is -6.00. The van der Waals surface area contributed by atoms with Gasteiger partial charge in [0.15, 0.2) is 12.0 Å². The van der Waals surface area contributed by atoms with Gasteiger partial charge in [-0.15, -0.1) is 0 Å². The van der Waals surface area contributed by atoms with Gasteiger partial charge in [-0.05, 0) is 6.92 Å². The van der Waals surface area contributed by atoms with Crippen LogP contribution in [0.3, 0.4) is 0 Å². The topological polar surface area (TPSA) is 42.8 Å². The van der Waals surface area contributed by atoms with Crippen LogP contribution in [0.1, 0.15) is 6.92 Å². The molecule has 0 bridgehead atoms. The third kappa shape index (κ3) is 8.76. The Morgan fingerprint density at radius 1 is 1.43 bits per heavy atom. The largest absolute Gasteiger partial charge is 0.673 e. The highest BCUT2D eigenvalue weighted by Crippen LogP contribution is 2.06. The molecular weight excluding hydrogens is 201 g/mol. The summed E-state index contributed by atoms with van der Waals surface area (Å²) in [6.45, 7) is 2.99. The molecule has 0 amide bonds. The summed E-state index contributed by atoms with van der Waals surface area (Å²) in [5.41, 5.74) is 5.40. The van der Waals surface area contributed by atoms with Crippen LogP contribution in [-0.2, 0) is 6.54 Å². The van der Waals surface area contributed by atoms with Crippen molar-refractivity contribution in [2.75, 3.05) is 5.73 Å². The Labute approximate surface area is 78.7 Å². The quantitative estimate of drug-likeness (QED) is 0.431. The zero-order valence-corrected chi connectivity index (χ0v) is 7.50. The molecule has 0 atom stereocenters. The van der Waals surface area contributed by atoms with Crippen molar-refractivity contribution in [3.05, 3.63) is 18.6 Å². The van der Waals surface area contributed by atoms with Crippen molar-refractivity contribution in [1.29, 1.82) is 0 Å². The van der Waals surface area contributed by atoms with Crippen LogP contribution in [0.25, 0.3) is 0 Å². The molecule has 0 aromatic carbocycles. The molecule has 0 spiro atoms. The average Bonchev–Trinajstić information content (AvgIpc) is 2.01. The molecule has 0 radical (unpaired) electrons. The van der Waals surface area contributed by atoms with E-state index in [-0.39, 0.29) is 0 Å². The Morgan fingerprint density at radius 3 is 2.21 bits per heavy atom. The minimum absolute atomic E-state index is 0.569. The molecule has 14 heavy (non-hydrogen) atoms. The number of anilines is 1. The summed E-state index contributed by atoms with van der Waals surface area (Å²) < 4.78 is 41.0. The molecule has 0 aliphatic heterocycles. The molecule has 0 saturated carbocycles. The van der Waals surface area contributed by atoms with Gasteiger partial charge in [0.1, 0.15) is 6.54 Å². The lowest BCUT2D eigenvalue weighted by Gasteiger charge is -1.94. The van der Waals surface area contributed by atoms with Crippen molar-refractivity contribution < 1.29 is 21.8 Å². The Hall–Kier alpha value is -1.34. The van der Waals surface area contributed by atoms with Gasteiger partial charge >= 0.3 is 7.25 Å². The van der Waals surface area contributed by atoms with Gasteiger partial charge in [-0.2, -0.15) is 0 Å². The Kier molecular flexibility index (Phi) is 4.89. The van der Waals surface area contributed by atoms with Crippen LogP contribution in [-0.4, -0.2) is 12.2 Å². The molecule has 0 aliphatic carbocycles. The van der Waals surface area contributed by atoms with Gasteiger partial charge in [0.2, 0.25) is 6.20 Å². The second kappa shape index (κ2) is 5.41. The van der Waals surface area contributed by atoms with E-state index in [1.165, 1.54) is 0 Å². The molecule has 0 fully saturated rings. The van der Waals surface area contributed by atoms with Gasteiger partial charge in [-0.1, -0.05) is 0 Å². The summed E-state index contributed by atoms with van der Waals surface area (Å²) in [5.74, 6) is 0.569. The van der Waals surface area contributed by atoms with Crippen LogP contribution >= 0.6 is 0 Å². The zero-order valence-electron chi connectivity index (χ0n) is 7.50. The molecule has 0 aliphatic rings. The van der Waals surface area contributed by atoms with Crippen LogP contribution < -0.4 is 10.3 Å². The lowest BCUT2D eigenvalue weighted by molar-refractivity contribution is -0.693. The van der Waals surface area contributed by atoms with E-state index < -0.39 is 7.25 Å². The van der Waals surface area contributed by atoms with Crippen molar-refractivity contribution in [2.45, 2.75) is 13.5 Å². The Morgan fingerprint density at radius 2 is 1.93 bits per heavy atom. The van der Waals surface area contributed by atoms with Gasteiger partial charge in [-0.3, -0.25) is 0 Å². The van der Waals surface area contributed by atoms with E-state index in [1.807, 2.05) is 10.8 Å². The van der Waals surface area contributed by atoms with Crippen molar-refractivity contribution in [3.63, 3.8) is 0 Å². The number of aromatic nitrogens is 2. The van der Waals surface area contributed by atoms with Crippen molar-refractivity contribution in [2.24, 2.45) is 0 Å². The van der Waals surface area contributed by atoms with Crippen molar-refractivity contribution in [1.82, 2.24) is 4.98 Å². The Balaban J connectivity index is 0.000000292. The number of halogens is 4. The second-order valence-electron chi connectivity index (χ2n) is 2.31. The summed E-state index contributed by atoms with van der Waals surface area (Å²) in [4.78, 5) is 3.84. The highest BCUT2D eigenvalue weighted by Gasteiger charge is 2.20. The maximum atomic E-state index is 9.75. The minimum atomic E-state index is -6.00. The fraction of sp³-hybridized carbons (Fsp3) is 0.333. The SMILES string of the molecule is CC[n+]1ccnc(N)c1.F[B-](F)(F)F. The first-order chi connectivity index (χ1) is 6.33. The molecule has 1 rings (SSSR count). The van der Waals surface area contributed by atoms with E-state index in [0.717, 1.165) is 6.54 Å². The first-order valence-electron chi connectivity index (χ1n) is 3.81. The van der Waals surface area contributed by atoms with Crippen LogP contribution in [0.15, 0.2) is 18.6 Å². The van der Waals surface area contributed by atoms with Gasteiger partial charge in [-0.25, -0.2) is 9.55 Å². The first-order valence-corrected chi connectivity index (χ1v) is 3.81. The highest BCUT2D eigenvalue weighted by molar-refractivity contribution is 6.50. The highest BCUT2D eigenvalue weighted by atomic mass is 19.5. The van der Waals surface area contributed by atoms with E-state index in [2.05, 4.69) is 11.9 Å². The molecule has 0 saturated heterocycles. The first kappa shape index (κ1) is 12.7. The van der Waals surface area contributed by atoms with Crippen LogP contribution in [0.5, 0.6) is 0 Å². The predicted octanol–water partition coefficient (Wildman–Crippen LogP) is 1.27. The standard InChI is InChI=1S/C6H10N3.BF4/c1-2-9-4-3-8-6(7)5-9;2-1(3,4)5/h3-5H,2H2,1H3,(H2,7,8);/q+1;-1. The maximum Gasteiger partial charge on any atom is 0.673 e. The fourth-order valence-electron chi connectivity index (χ4n) is 0.648. The molecule has 1 aromatic rings. The molecule has 2 N–H and O–H groups in total. The molecular formula is C6H10BF4N3. The summed E-state index contributed by atoms with van der Waals surface area (Å²) in [6.07, 6.45) is 5.38. The van der Waals surface area contributed by atoms with Gasteiger partial charge in [0, 0.05) is 0 Å². The van der Waals surface area contributed by atoms with Crippen LogP contribution in [0, 0.1) is 0 Å². The number of nitrogens with zero attached hydrogens (tertiary/aromatic N) is 2.